The summed E-state index contributed by atoms with van der Waals surface area (Å²) in [7, 11) is 0. The Morgan fingerprint density at radius 2 is 1.41 bits per heavy atom. The van der Waals surface area contributed by atoms with Gasteiger partial charge in [-0.2, -0.15) is 0 Å². The topological polar surface area (TPSA) is 229 Å². The number of aliphatic hydroxyl groups is 5. The third-order valence-corrected chi connectivity index (χ3v) is 6.50. The lowest BCUT2D eigenvalue weighted by Crippen LogP contribution is -2.61. The van der Waals surface area contributed by atoms with Gasteiger partial charge in [0.1, 0.15) is 53.0 Å². The van der Waals surface area contributed by atoms with Crippen LogP contribution in [0.5, 0.6) is 23.0 Å². The van der Waals surface area contributed by atoms with Crippen molar-refractivity contribution in [3.63, 3.8) is 0 Å². The monoisotopic (exact) mass is 550 g/mol. The van der Waals surface area contributed by atoms with Gasteiger partial charge < -0.3 is 64.2 Å². The van der Waals surface area contributed by atoms with Gasteiger partial charge in [0.2, 0.25) is 12.0 Å². The van der Waals surface area contributed by atoms with Crippen LogP contribution in [-0.4, -0.2) is 103 Å². The van der Waals surface area contributed by atoms with Crippen molar-refractivity contribution >= 4 is 11.0 Å². The van der Waals surface area contributed by atoms with E-state index in [1.807, 2.05) is 0 Å². The van der Waals surface area contributed by atoms with Gasteiger partial charge in [-0.1, -0.05) is 0 Å². The summed E-state index contributed by atoms with van der Waals surface area (Å²) in [5, 5.41) is 80.8. The summed E-state index contributed by atoms with van der Waals surface area (Å²) in [6.45, 7) is -0.829. The second kappa shape index (κ2) is 10.6. The van der Waals surface area contributed by atoms with Crippen LogP contribution in [0.1, 0.15) is 0 Å². The first-order valence-corrected chi connectivity index (χ1v) is 11.8. The normalized spacial score (nSPS) is 31.3. The molecule has 0 radical (unpaired) electrons. The van der Waals surface area contributed by atoms with Gasteiger partial charge in [0.25, 0.3) is 0 Å². The lowest BCUT2D eigenvalue weighted by atomic mass is 10.0. The molecular weight excluding hydrogens is 524 g/mol. The highest BCUT2D eigenvalue weighted by molar-refractivity contribution is 5.89. The van der Waals surface area contributed by atoms with Crippen LogP contribution in [0.3, 0.4) is 0 Å². The van der Waals surface area contributed by atoms with Crippen molar-refractivity contribution in [2.45, 2.75) is 49.2 Å². The first-order chi connectivity index (χ1) is 18.5. The lowest BCUT2D eigenvalue weighted by Gasteiger charge is -2.42. The van der Waals surface area contributed by atoms with Crippen LogP contribution in [-0.2, 0) is 14.2 Å². The van der Waals surface area contributed by atoms with Gasteiger partial charge in [0, 0.05) is 17.7 Å². The van der Waals surface area contributed by atoms with E-state index in [1.165, 1.54) is 24.3 Å². The molecule has 0 unspecified atom stereocenters. The van der Waals surface area contributed by atoms with Crippen LogP contribution >= 0.6 is 0 Å². The average Bonchev–Trinajstić information content (AvgIpc) is 2.91. The van der Waals surface area contributed by atoms with Crippen molar-refractivity contribution in [2.24, 2.45) is 0 Å². The molecule has 2 aliphatic heterocycles. The molecule has 14 nitrogen and oxygen atoms in total. The Balaban J connectivity index is 1.47. The van der Waals surface area contributed by atoms with Gasteiger partial charge in [0.15, 0.2) is 29.3 Å². The molecule has 0 spiro atoms. The zero-order valence-electron chi connectivity index (χ0n) is 20.0. The van der Waals surface area contributed by atoms with Gasteiger partial charge in [0.05, 0.1) is 13.2 Å². The number of phenols is 3. The Morgan fingerprint density at radius 3 is 2.10 bits per heavy atom. The fourth-order valence-corrected chi connectivity index (χ4v) is 4.32. The van der Waals surface area contributed by atoms with E-state index in [9.17, 15) is 45.6 Å². The fourth-order valence-electron chi connectivity index (χ4n) is 4.32. The van der Waals surface area contributed by atoms with Crippen molar-refractivity contribution < 1.29 is 64.2 Å². The van der Waals surface area contributed by atoms with Gasteiger partial charge in [-0.3, -0.25) is 4.79 Å². The second-order valence-corrected chi connectivity index (χ2v) is 9.20. The largest absolute Gasteiger partial charge is 0.508 e. The maximum atomic E-state index is 12.7. The highest BCUT2D eigenvalue weighted by Crippen LogP contribution is 2.42. The number of aromatic hydroxyl groups is 3. The fraction of sp³-hybridized carbons (Fsp3) is 0.400. The summed E-state index contributed by atoms with van der Waals surface area (Å²) in [4.78, 5) is 12.7. The molecule has 2 saturated heterocycles. The molecule has 2 fully saturated rings. The molecule has 0 saturated carbocycles. The summed E-state index contributed by atoms with van der Waals surface area (Å²) >= 11 is 0. The minimum absolute atomic E-state index is 0.00599. The Morgan fingerprint density at radius 1 is 0.769 bits per heavy atom. The summed E-state index contributed by atoms with van der Waals surface area (Å²) < 4.78 is 27.6. The summed E-state index contributed by atoms with van der Waals surface area (Å²) in [6, 6.07) is 7.96. The molecular formula is C25H26O14. The molecule has 2 aromatic carbocycles. The molecule has 1 aromatic heterocycles. The first-order valence-electron chi connectivity index (χ1n) is 11.8. The van der Waals surface area contributed by atoms with Crippen molar-refractivity contribution in [1.29, 1.82) is 0 Å². The number of benzene rings is 2. The zero-order valence-corrected chi connectivity index (χ0v) is 20.0. The molecule has 0 amide bonds. The molecule has 5 rings (SSSR count). The number of phenolic OH excluding ortho intramolecular Hbond substituents is 3. The van der Waals surface area contributed by atoms with Crippen LogP contribution in [0.2, 0.25) is 0 Å². The minimum atomic E-state index is -1.73. The van der Waals surface area contributed by atoms with Crippen LogP contribution in [0.25, 0.3) is 22.3 Å². The number of hydrogen-bond acceptors (Lipinski definition) is 14. The first kappa shape index (κ1) is 27.1. The Labute approximate surface area is 219 Å². The standard InChI is InChI=1S/C25H26O14/c26-10-3-1-9(2-4-10)14-5-11(27)17-15(37-14)6-16(20(32)21(17)33)38-25-23(19(31)13(29)8-36-25)39-24-22(34)18(30)12(28)7-35-24/h1-6,12-13,18-19,22-26,28-34H,7-8H2/t12-,13-,18+,19+,22-,23-,24+,25+/m1/s1. The highest BCUT2D eigenvalue weighted by Gasteiger charge is 2.47. The molecule has 0 aliphatic carbocycles. The van der Waals surface area contributed by atoms with Crippen molar-refractivity contribution in [3.05, 3.63) is 46.6 Å². The van der Waals surface area contributed by atoms with E-state index in [-0.39, 0.29) is 22.5 Å². The second-order valence-electron chi connectivity index (χ2n) is 9.20. The van der Waals surface area contributed by atoms with E-state index < -0.39 is 85.1 Å². The maximum Gasteiger partial charge on any atom is 0.229 e. The molecule has 3 aromatic rings. The predicted molar refractivity (Wildman–Crippen MR) is 128 cm³/mol. The lowest BCUT2D eigenvalue weighted by molar-refractivity contribution is -0.332. The molecule has 14 heteroatoms. The van der Waals surface area contributed by atoms with E-state index in [1.54, 1.807) is 0 Å². The van der Waals surface area contributed by atoms with E-state index >= 15 is 0 Å². The Kier molecular flexibility index (Phi) is 7.37. The van der Waals surface area contributed by atoms with Crippen molar-refractivity contribution in [1.82, 2.24) is 0 Å². The van der Waals surface area contributed by atoms with Gasteiger partial charge in [-0.25, -0.2) is 0 Å². The molecule has 3 heterocycles. The minimum Gasteiger partial charge on any atom is -0.508 e. The Hall–Kier alpha value is -3.47. The van der Waals surface area contributed by atoms with Gasteiger partial charge in [-0.05, 0) is 24.3 Å². The molecule has 0 bridgehead atoms. The van der Waals surface area contributed by atoms with Crippen LogP contribution in [0, 0.1) is 0 Å². The van der Waals surface area contributed by atoms with E-state index in [0.717, 1.165) is 12.1 Å². The maximum absolute atomic E-state index is 12.7. The SMILES string of the molecule is O=c1cc(-c2ccc(O)cc2)oc2cc(O[C@@H]3OC[C@@H](O)[C@H](O)[C@H]3O[C@@H]3OC[C@@H](O)[C@H](O)[C@H]3O)c(O)c(O)c12. The number of hydrogen-bond donors (Lipinski definition) is 8. The number of fused-ring (bicyclic) bond motifs is 1. The van der Waals surface area contributed by atoms with Crippen molar-refractivity contribution in [3.8, 4) is 34.3 Å². The third-order valence-electron chi connectivity index (χ3n) is 6.50. The smallest absolute Gasteiger partial charge is 0.229 e. The summed E-state index contributed by atoms with van der Waals surface area (Å²) in [5.41, 5.74) is -0.439. The highest BCUT2D eigenvalue weighted by atomic mass is 16.7. The zero-order chi connectivity index (χ0) is 28.0. The number of rotatable bonds is 5. The van der Waals surface area contributed by atoms with Gasteiger partial charge >= 0.3 is 0 Å². The summed E-state index contributed by atoms with van der Waals surface area (Å²) in [5.74, 6) is -2.09. The number of ether oxygens (including phenoxy) is 4. The van der Waals surface area contributed by atoms with Crippen molar-refractivity contribution in [2.75, 3.05) is 13.2 Å². The molecule has 210 valence electrons. The predicted octanol–water partition coefficient (Wildman–Crippen LogP) is -1.14. The van der Waals surface area contributed by atoms with Gasteiger partial charge in [-0.15, -0.1) is 0 Å². The van der Waals surface area contributed by atoms with E-state index in [0.29, 0.717) is 5.56 Å². The molecule has 39 heavy (non-hydrogen) atoms. The van der Waals surface area contributed by atoms with E-state index in [2.05, 4.69) is 0 Å². The molecule has 8 N–H and O–H groups in total. The molecule has 2 aliphatic rings. The third kappa shape index (κ3) is 5.11. The summed E-state index contributed by atoms with van der Waals surface area (Å²) in [6.07, 6.45) is -12.5. The number of aliphatic hydroxyl groups excluding tert-OH is 5. The van der Waals surface area contributed by atoms with Crippen LogP contribution < -0.4 is 10.2 Å². The Bertz CT molecular complexity index is 1390. The van der Waals surface area contributed by atoms with E-state index in [4.69, 9.17) is 23.4 Å². The quantitative estimate of drug-likeness (QED) is 0.176. The van der Waals surface area contributed by atoms with Crippen LogP contribution in [0.4, 0.5) is 0 Å². The van der Waals surface area contributed by atoms with Crippen LogP contribution in [0.15, 0.2) is 45.6 Å². The molecule has 8 atom stereocenters. The average molecular weight is 550 g/mol.